The molecule has 2 aromatic rings. The molecule has 1 aromatic heterocycles. The Morgan fingerprint density at radius 2 is 2.18 bits per heavy atom. The van der Waals surface area contributed by atoms with Gasteiger partial charge in [-0.1, -0.05) is 0 Å². The van der Waals surface area contributed by atoms with Crippen LogP contribution in [0.25, 0.3) is 0 Å². The molecule has 2 rings (SSSR count). The first-order valence-electron chi connectivity index (χ1n) is 5.13. The number of benzene rings is 1. The second-order valence-electron chi connectivity index (χ2n) is 3.58. The van der Waals surface area contributed by atoms with E-state index < -0.39 is 11.6 Å². The van der Waals surface area contributed by atoms with Gasteiger partial charge in [0.05, 0.1) is 17.7 Å². The highest BCUT2D eigenvalue weighted by Crippen LogP contribution is 2.24. The summed E-state index contributed by atoms with van der Waals surface area (Å²) >= 11 is 0. The molecular weight excluding hydrogens is 226 g/mol. The van der Waals surface area contributed by atoms with Crippen LogP contribution in [0.4, 0.5) is 20.2 Å². The van der Waals surface area contributed by atoms with Gasteiger partial charge in [0.2, 0.25) is 0 Å². The van der Waals surface area contributed by atoms with Gasteiger partial charge in [0.25, 0.3) is 0 Å². The maximum atomic E-state index is 13.4. The van der Waals surface area contributed by atoms with E-state index in [4.69, 9.17) is 5.73 Å². The minimum absolute atomic E-state index is 0.00418. The first kappa shape index (κ1) is 11.4. The minimum Gasteiger partial charge on any atom is -0.397 e. The Balaban J connectivity index is 2.01. The lowest BCUT2D eigenvalue weighted by Gasteiger charge is -2.10. The van der Waals surface area contributed by atoms with E-state index in [1.807, 2.05) is 0 Å². The predicted molar refractivity (Wildman–Crippen MR) is 61.6 cm³/mol. The number of nitrogen functional groups attached to an aromatic ring is 1. The number of anilines is 2. The molecule has 0 aliphatic heterocycles. The third-order valence-electron chi connectivity index (χ3n) is 2.38. The van der Waals surface area contributed by atoms with Gasteiger partial charge in [0.15, 0.2) is 11.6 Å². The van der Waals surface area contributed by atoms with Crippen molar-refractivity contribution in [2.24, 2.45) is 0 Å². The Labute approximate surface area is 96.9 Å². The van der Waals surface area contributed by atoms with E-state index in [2.05, 4.69) is 15.3 Å². The van der Waals surface area contributed by atoms with Crippen molar-refractivity contribution < 1.29 is 8.78 Å². The summed E-state index contributed by atoms with van der Waals surface area (Å²) < 4.78 is 26.4. The van der Waals surface area contributed by atoms with Crippen molar-refractivity contribution in [3.63, 3.8) is 0 Å². The largest absolute Gasteiger partial charge is 0.397 e. The first-order chi connectivity index (χ1) is 8.18. The van der Waals surface area contributed by atoms with Crippen molar-refractivity contribution in [1.82, 2.24) is 9.97 Å². The van der Waals surface area contributed by atoms with Gasteiger partial charge >= 0.3 is 0 Å². The van der Waals surface area contributed by atoms with Crippen LogP contribution < -0.4 is 11.1 Å². The van der Waals surface area contributed by atoms with Crippen molar-refractivity contribution in [3.8, 4) is 0 Å². The number of H-pyrrole nitrogens is 1. The number of nitrogens with one attached hydrogen (secondary N) is 2. The van der Waals surface area contributed by atoms with Crippen molar-refractivity contribution in [2.75, 3.05) is 17.6 Å². The molecular formula is C11H12F2N4. The molecule has 0 saturated carbocycles. The van der Waals surface area contributed by atoms with Crippen LogP contribution in [0, 0.1) is 11.6 Å². The number of imidazole rings is 1. The zero-order chi connectivity index (χ0) is 12.3. The third-order valence-corrected chi connectivity index (χ3v) is 2.38. The monoisotopic (exact) mass is 238 g/mol. The lowest BCUT2D eigenvalue weighted by Crippen LogP contribution is -2.09. The molecule has 90 valence electrons. The van der Waals surface area contributed by atoms with Crippen LogP contribution in [0.3, 0.4) is 0 Å². The highest BCUT2D eigenvalue weighted by molar-refractivity contribution is 5.66. The standard InChI is InChI=1S/C11H12F2N4/c12-8-1-2-9(14)11(10(8)13)16-4-3-7-5-15-6-17-7/h1-2,5-6,16H,3-4,14H2,(H,15,17). The quantitative estimate of drug-likeness (QED) is 0.713. The summed E-state index contributed by atoms with van der Waals surface area (Å²) in [7, 11) is 0. The molecule has 1 heterocycles. The molecule has 4 N–H and O–H groups in total. The van der Waals surface area contributed by atoms with Crippen molar-refractivity contribution in [2.45, 2.75) is 6.42 Å². The number of hydrogen-bond donors (Lipinski definition) is 3. The molecule has 0 fully saturated rings. The summed E-state index contributed by atoms with van der Waals surface area (Å²) in [6, 6.07) is 2.34. The van der Waals surface area contributed by atoms with E-state index in [1.54, 1.807) is 12.5 Å². The SMILES string of the molecule is Nc1ccc(F)c(F)c1NCCc1cnc[nH]1. The van der Waals surface area contributed by atoms with E-state index in [-0.39, 0.29) is 11.4 Å². The summed E-state index contributed by atoms with van der Waals surface area (Å²) in [5.41, 5.74) is 6.66. The molecule has 0 amide bonds. The molecule has 0 bridgehead atoms. The van der Waals surface area contributed by atoms with E-state index in [1.165, 1.54) is 6.07 Å². The Bertz CT molecular complexity index is 496. The van der Waals surface area contributed by atoms with Gasteiger partial charge in [-0.25, -0.2) is 13.8 Å². The molecule has 1 aromatic carbocycles. The van der Waals surface area contributed by atoms with Gasteiger partial charge in [0, 0.05) is 24.9 Å². The van der Waals surface area contributed by atoms with Crippen LogP contribution in [-0.2, 0) is 6.42 Å². The lowest BCUT2D eigenvalue weighted by atomic mass is 10.2. The summed E-state index contributed by atoms with van der Waals surface area (Å²) in [4.78, 5) is 6.77. The Morgan fingerprint density at radius 3 is 2.88 bits per heavy atom. The number of aromatic amines is 1. The number of halogens is 2. The smallest absolute Gasteiger partial charge is 0.183 e. The summed E-state index contributed by atoms with van der Waals surface area (Å²) in [6.45, 7) is 0.437. The number of aromatic nitrogens is 2. The van der Waals surface area contributed by atoms with Gasteiger partial charge in [-0.3, -0.25) is 0 Å². The van der Waals surface area contributed by atoms with E-state index in [9.17, 15) is 8.78 Å². The second kappa shape index (κ2) is 4.82. The minimum atomic E-state index is -0.949. The van der Waals surface area contributed by atoms with Gasteiger partial charge in [-0.15, -0.1) is 0 Å². The number of nitrogens with two attached hydrogens (primary N) is 1. The lowest BCUT2D eigenvalue weighted by molar-refractivity contribution is 0.511. The molecule has 0 aliphatic carbocycles. The highest BCUT2D eigenvalue weighted by atomic mass is 19.2. The first-order valence-corrected chi connectivity index (χ1v) is 5.13. The molecule has 0 spiro atoms. The Kier molecular flexibility index (Phi) is 3.22. The normalized spacial score (nSPS) is 10.5. The van der Waals surface area contributed by atoms with Gasteiger partial charge < -0.3 is 16.0 Å². The maximum Gasteiger partial charge on any atom is 0.183 e. The van der Waals surface area contributed by atoms with E-state index in [0.717, 1.165) is 11.8 Å². The van der Waals surface area contributed by atoms with Crippen LogP contribution in [-0.4, -0.2) is 16.5 Å². The zero-order valence-corrected chi connectivity index (χ0v) is 9.00. The summed E-state index contributed by atoms with van der Waals surface area (Å²) in [5, 5.41) is 2.77. The van der Waals surface area contributed by atoms with Gasteiger partial charge in [-0.05, 0) is 12.1 Å². The van der Waals surface area contributed by atoms with Crippen LogP contribution in [0.1, 0.15) is 5.69 Å². The van der Waals surface area contributed by atoms with Crippen molar-refractivity contribution in [1.29, 1.82) is 0 Å². The van der Waals surface area contributed by atoms with Crippen LogP contribution in [0.5, 0.6) is 0 Å². The molecule has 6 heteroatoms. The fourth-order valence-corrected chi connectivity index (χ4v) is 1.49. The van der Waals surface area contributed by atoms with Crippen LogP contribution in [0.2, 0.25) is 0 Å². The number of nitrogens with zero attached hydrogens (tertiary/aromatic N) is 1. The van der Waals surface area contributed by atoms with Crippen molar-refractivity contribution in [3.05, 3.63) is 42.0 Å². The van der Waals surface area contributed by atoms with Crippen LogP contribution >= 0.6 is 0 Å². The molecule has 0 unspecified atom stereocenters. The fraction of sp³-hybridized carbons (Fsp3) is 0.182. The molecule has 0 radical (unpaired) electrons. The van der Waals surface area contributed by atoms with Gasteiger partial charge in [0.1, 0.15) is 0 Å². The topological polar surface area (TPSA) is 66.7 Å². The number of hydrogen-bond acceptors (Lipinski definition) is 3. The average molecular weight is 238 g/mol. The van der Waals surface area contributed by atoms with Crippen molar-refractivity contribution >= 4 is 11.4 Å². The van der Waals surface area contributed by atoms with E-state index >= 15 is 0 Å². The highest BCUT2D eigenvalue weighted by Gasteiger charge is 2.11. The summed E-state index contributed by atoms with van der Waals surface area (Å²) in [6.07, 6.45) is 3.86. The predicted octanol–water partition coefficient (Wildman–Crippen LogP) is 1.92. The Morgan fingerprint density at radius 1 is 1.35 bits per heavy atom. The fourth-order valence-electron chi connectivity index (χ4n) is 1.49. The Hall–Kier alpha value is -2.11. The summed E-state index contributed by atoms with van der Waals surface area (Å²) in [5.74, 6) is -1.86. The molecule has 0 saturated heterocycles. The van der Waals surface area contributed by atoms with Gasteiger partial charge in [-0.2, -0.15) is 0 Å². The maximum absolute atomic E-state index is 13.4. The zero-order valence-electron chi connectivity index (χ0n) is 9.00. The second-order valence-corrected chi connectivity index (χ2v) is 3.58. The third kappa shape index (κ3) is 2.52. The molecule has 0 atom stereocenters. The van der Waals surface area contributed by atoms with Crippen LogP contribution in [0.15, 0.2) is 24.7 Å². The van der Waals surface area contributed by atoms with E-state index in [0.29, 0.717) is 13.0 Å². The average Bonchev–Trinajstić information content (AvgIpc) is 2.81. The molecule has 4 nitrogen and oxygen atoms in total. The number of rotatable bonds is 4. The molecule has 17 heavy (non-hydrogen) atoms. The molecule has 0 aliphatic rings.